The van der Waals surface area contributed by atoms with Crippen LogP contribution in [-0.4, -0.2) is 135 Å². The van der Waals surface area contributed by atoms with E-state index in [1.165, 1.54) is 29.4 Å². The molecule has 0 bridgehead atoms. The molecule has 49 heavy (non-hydrogen) atoms. The van der Waals surface area contributed by atoms with E-state index in [4.69, 9.17) is 28.4 Å². The number of aromatic hydroxyl groups is 2. The molecule has 0 saturated carbocycles. The Morgan fingerprint density at radius 1 is 1.14 bits per heavy atom. The molecule has 14 nitrogen and oxygen atoms in total. The molecule has 1 amide bonds. The van der Waals surface area contributed by atoms with Crippen LogP contribution in [0, 0.1) is 0 Å². The summed E-state index contributed by atoms with van der Waals surface area (Å²) in [5.41, 5.74) is -3.04. The average molecular weight is 713 g/mol. The first kappa shape index (κ1) is 34.7. The van der Waals surface area contributed by atoms with Gasteiger partial charge in [-0.3, -0.25) is 29.4 Å². The van der Waals surface area contributed by atoms with Crippen molar-refractivity contribution in [2.45, 2.75) is 74.9 Å². The summed E-state index contributed by atoms with van der Waals surface area (Å²) in [5.74, 6) is -2.62. The summed E-state index contributed by atoms with van der Waals surface area (Å²) in [7, 11) is 4.35. The van der Waals surface area contributed by atoms with E-state index in [2.05, 4.69) is 25.4 Å². The highest BCUT2D eigenvalue weighted by atomic mass is 32.3. The molecule has 2 aromatic rings. The number of methoxy groups -OCH3 is 2. The van der Waals surface area contributed by atoms with Crippen LogP contribution in [0.25, 0.3) is 0 Å². The SMILES string of the molecule is COc1cccc2c1C(=O)c1c(O)c3c(c(O)c1C2=O)C[C@@](O)(C(=O)NCC[S][Al])C[C@@H]3O[C@H]1C[C@H]2[C@H](O[C@@H]3[C@@H](OC)OCCN32)[C@H](C)O1. The van der Waals surface area contributed by atoms with E-state index in [9.17, 15) is 29.7 Å². The second kappa shape index (κ2) is 13.4. The highest BCUT2D eigenvalue weighted by Crippen LogP contribution is 2.53. The summed E-state index contributed by atoms with van der Waals surface area (Å²) >= 11 is 2.49. The molecule has 3 saturated heterocycles. The minimum absolute atomic E-state index is 0.00141. The lowest BCUT2D eigenvalue weighted by Crippen LogP contribution is -2.55. The fourth-order valence-corrected chi connectivity index (χ4v) is 8.46. The Kier molecular flexibility index (Phi) is 9.50. The highest BCUT2D eigenvalue weighted by Gasteiger charge is 2.55. The van der Waals surface area contributed by atoms with Crippen LogP contribution in [0.3, 0.4) is 0 Å². The van der Waals surface area contributed by atoms with Gasteiger partial charge in [0.15, 0.2) is 24.6 Å². The van der Waals surface area contributed by atoms with Crippen molar-refractivity contribution < 1.29 is 58.1 Å². The quantitative estimate of drug-likeness (QED) is 0.148. The zero-order valence-electron chi connectivity index (χ0n) is 27.2. The second-order valence-electron chi connectivity index (χ2n) is 12.8. The highest BCUT2D eigenvalue weighted by molar-refractivity contribution is 8.19. The molecule has 2 aliphatic carbocycles. The number of hydrogen-bond acceptors (Lipinski definition) is 14. The van der Waals surface area contributed by atoms with Crippen LogP contribution in [0.5, 0.6) is 17.2 Å². The molecule has 3 fully saturated rings. The van der Waals surface area contributed by atoms with Gasteiger partial charge in [-0.25, -0.2) is 0 Å². The van der Waals surface area contributed by atoms with E-state index in [0.717, 1.165) is 0 Å². The summed E-state index contributed by atoms with van der Waals surface area (Å²) in [6, 6.07) is 4.36. The number of aliphatic hydroxyl groups is 1. The number of benzene rings is 2. The largest absolute Gasteiger partial charge is 0.507 e. The van der Waals surface area contributed by atoms with E-state index < -0.39 is 83.1 Å². The molecule has 2 radical (unpaired) electrons. The lowest BCUT2D eigenvalue weighted by Gasteiger charge is -2.43. The molecule has 4 N–H and O–H groups in total. The summed E-state index contributed by atoms with van der Waals surface area (Å²) in [6.45, 7) is 3.14. The zero-order valence-corrected chi connectivity index (χ0v) is 29.1. The van der Waals surface area contributed by atoms with Crippen LogP contribution in [-0.2, 0) is 34.9 Å². The topological polar surface area (TPSA) is 183 Å². The number of ether oxygens (including phenoxy) is 6. The molecule has 2 aromatic carbocycles. The predicted molar refractivity (Wildman–Crippen MR) is 173 cm³/mol. The number of morpholine rings is 1. The van der Waals surface area contributed by atoms with Gasteiger partial charge in [0.1, 0.15) is 29.0 Å². The third-order valence-corrected chi connectivity index (χ3v) is 11.3. The Balaban J connectivity index is 1.29. The molecular weight excluding hydrogens is 675 g/mol. The third-order valence-electron chi connectivity index (χ3n) is 10.1. The first-order valence-electron chi connectivity index (χ1n) is 16.1. The average Bonchev–Trinajstić information content (AvgIpc) is 3.47. The number of nitrogens with zero attached hydrogens (tertiary/aromatic N) is 1. The maximum Gasteiger partial charge on any atom is 0.252 e. The number of phenols is 2. The number of carbonyl (C=O) groups is 3. The Labute approximate surface area is 293 Å². The van der Waals surface area contributed by atoms with Gasteiger partial charge in [-0.2, -0.15) is 0 Å². The molecule has 8 atom stereocenters. The number of carbonyl (C=O) groups excluding carboxylic acids is 3. The first-order chi connectivity index (χ1) is 23.5. The smallest absolute Gasteiger partial charge is 0.252 e. The van der Waals surface area contributed by atoms with E-state index in [1.54, 1.807) is 13.2 Å². The van der Waals surface area contributed by atoms with Gasteiger partial charge < -0.3 is 49.1 Å². The fraction of sp³-hybridized carbons (Fsp3) is 0.545. The molecule has 0 spiro atoms. The van der Waals surface area contributed by atoms with E-state index in [0.29, 0.717) is 25.3 Å². The second-order valence-corrected chi connectivity index (χ2v) is 14.6. The molecule has 0 unspecified atom stereocenters. The molecule has 3 aliphatic heterocycles. The standard InChI is InChI=1S/C33H38N2O12S.Al/c1-14-29-17(35-8-9-44-31(43-3)30(35)47-29)11-20(45-14)46-19-13-33(41,32(40)34-7-10-48)12-16-22(19)28(39)24-23(26(16)37)25(36)15-5-4-6-18(42-2)21(15)27(24)38;/h4-6,14,17,19-20,29-31,37,39,41,48H,7-13H2,1-3H3,(H,34,40);/q;+1/p-1/t14-,17-,19-,20-,29+,30+,31-,33-;/m0./s1. The number of ketones is 2. The number of phenolic OH excluding ortho intramolecular Hbond substituents is 2. The minimum atomic E-state index is -2.11. The maximum atomic E-state index is 14.0. The number of fused-ring (bicyclic) bond motifs is 6. The van der Waals surface area contributed by atoms with E-state index in [1.807, 2.05) is 6.92 Å². The lowest BCUT2D eigenvalue weighted by atomic mass is 9.72. The van der Waals surface area contributed by atoms with Gasteiger partial charge in [0.25, 0.3) is 5.91 Å². The summed E-state index contributed by atoms with van der Waals surface area (Å²) in [5, 5.41) is 38.3. The summed E-state index contributed by atoms with van der Waals surface area (Å²) in [6.07, 6.45) is -4.40. The molecule has 5 aliphatic rings. The van der Waals surface area contributed by atoms with Crippen LogP contribution in [0.2, 0.25) is 0 Å². The monoisotopic (exact) mass is 712 g/mol. The van der Waals surface area contributed by atoms with E-state index in [-0.39, 0.29) is 53.1 Å². The summed E-state index contributed by atoms with van der Waals surface area (Å²) < 4.78 is 35.7. The van der Waals surface area contributed by atoms with Crippen LogP contribution in [0.4, 0.5) is 0 Å². The van der Waals surface area contributed by atoms with Crippen LogP contribution >= 0.6 is 10.1 Å². The lowest BCUT2D eigenvalue weighted by molar-refractivity contribution is -0.256. The summed E-state index contributed by atoms with van der Waals surface area (Å²) in [4.78, 5) is 43.5. The van der Waals surface area contributed by atoms with Gasteiger partial charge in [-0.15, -0.1) is 0 Å². The van der Waals surface area contributed by atoms with Crippen molar-refractivity contribution in [3.63, 3.8) is 0 Å². The number of nitrogens with one attached hydrogen (secondary N) is 1. The van der Waals surface area contributed by atoms with Gasteiger partial charge in [0, 0.05) is 62.2 Å². The molecule has 3 heterocycles. The molecule has 7 rings (SSSR count). The van der Waals surface area contributed by atoms with Gasteiger partial charge >= 0.3 is 0 Å². The fourth-order valence-electron chi connectivity index (χ4n) is 7.89. The third kappa shape index (κ3) is 5.66. The van der Waals surface area contributed by atoms with Crippen molar-refractivity contribution in [3.8, 4) is 17.2 Å². The van der Waals surface area contributed by atoms with Crippen LogP contribution in [0.1, 0.15) is 68.8 Å². The normalized spacial score (nSPS) is 32.0. The zero-order chi connectivity index (χ0) is 34.8. The van der Waals surface area contributed by atoms with Gasteiger partial charge in [0.2, 0.25) is 20.9 Å². The van der Waals surface area contributed by atoms with Gasteiger partial charge in [0.05, 0.1) is 42.6 Å². The maximum absolute atomic E-state index is 14.0. The Hall–Kier alpha value is -2.75. The van der Waals surface area contributed by atoms with Gasteiger partial charge in [-0.1, -0.05) is 12.1 Å². The van der Waals surface area contributed by atoms with Crippen molar-refractivity contribution in [2.24, 2.45) is 0 Å². The number of rotatable bonds is 8. The molecular formula is C33H37AlN2O12S. The van der Waals surface area contributed by atoms with Crippen molar-refractivity contribution in [1.82, 2.24) is 10.2 Å². The van der Waals surface area contributed by atoms with Crippen molar-refractivity contribution in [2.75, 3.05) is 39.7 Å². The molecule has 0 aromatic heterocycles. The van der Waals surface area contributed by atoms with E-state index >= 15 is 0 Å². The van der Waals surface area contributed by atoms with Crippen molar-refractivity contribution >= 4 is 42.8 Å². The van der Waals surface area contributed by atoms with Crippen molar-refractivity contribution in [1.29, 1.82) is 0 Å². The van der Waals surface area contributed by atoms with Crippen LogP contribution in [0.15, 0.2) is 18.2 Å². The molecule has 16 heteroatoms. The first-order valence-corrected chi connectivity index (χ1v) is 18.5. The number of amides is 1. The number of hydrogen-bond donors (Lipinski definition) is 4. The van der Waals surface area contributed by atoms with Crippen molar-refractivity contribution in [3.05, 3.63) is 51.6 Å². The Morgan fingerprint density at radius 3 is 2.65 bits per heavy atom. The minimum Gasteiger partial charge on any atom is -0.507 e. The van der Waals surface area contributed by atoms with Crippen LogP contribution < -0.4 is 10.1 Å². The predicted octanol–water partition coefficient (Wildman–Crippen LogP) is 1.08. The van der Waals surface area contributed by atoms with Gasteiger partial charge in [-0.05, 0) is 18.7 Å². The molecule has 260 valence electrons. The Bertz CT molecular complexity index is 1690. The Morgan fingerprint density at radius 2 is 1.92 bits per heavy atom.